The molecule has 5 heteroatoms. The molecule has 3 rings (SSSR count). The zero-order chi connectivity index (χ0) is 20.6. The van der Waals surface area contributed by atoms with Gasteiger partial charge in [0.1, 0.15) is 0 Å². The van der Waals surface area contributed by atoms with E-state index >= 15 is 0 Å². The van der Waals surface area contributed by atoms with Gasteiger partial charge in [0, 0.05) is 32.1 Å². The van der Waals surface area contributed by atoms with Gasteiger partial charge < -0.3 is 15.1 Å². The molecule has 5 nitrogen and oxygen atoms in total. The number of amides is 3. The Morgan fingerprint density at radius 2 is 1.62 bits per heavy atom. The molecule has 1 aromatic carbocycles. The fraction of sp³-hybridized carbons (Fsp3) is 0.667. The molecule has 160 valence electrons. The van der Waals surface area contributed by atoms with Gasteiger partial charge in [0.05, 0.1) is 6.04 Å². The Labute approximate surface area is 175 Å². The van der Waals surface area contributed by atoms with Crippen LogP contribution in [0.2, 0.25) is 0 Å². The van der Waals surface area contributed by atoms with E-state index in [9.17, 15) is 9.59 Å². The molecule has 29 heavy (non-hydrogen) atoms. The average molecular weight is 400 g/mol. The Morgan fingerprint density at radius 3 is 2.21 bits per heavy atom. The normalized spacial score (nSPS) is 19.6. The van der Waals surface area contributed by atoms with E-state index in [2.05, 4.69) is 29.6 Å². The summed E-state index contributed by atoms with van der Waals surface area (Å²) in [6.45, 7) is 6.83. The summed E-state index contributed by atoms with van der Waals surface area (Å²) in [5.74, 6) is 0.698. The second-order valence-electron chi connectivity index (χ2n) is 8.51. The first kappa shape index (κ1) is 21.7. The van der Waals surface area contributed by atoms with Crippen LogP contribution in [0.5, 0.6) is 0 Å². The highest BCUT2D eigenvalue weighted by Crippen LogP contribution is 2.35. The van der Waals surface area contributed by atoms with Crippen molar-refractivity contribution < 1.29 is 9.59 Å². The van der Waals surface area contributed by atoms with Gasteiger partial charge in [0.2, 0.25) is 5.91 Å². The number of piperidine rings is 1. The van der Waals surface area contributed by atoms with Crippen molar-refractivity contribution >= 4 is 11.9 Å². The third-order valence-electron chi connectivity index (χ3n) is 6.75. The number of hydrogen-bond acceptors (Lipinski definition) is 2. The lowest BCUT2D eigenvalue weighted by Gasteiger charge is -2.36. The first-order chi connectivity index (χ1) is 14.1. The number of carbonyl (C=O) groups excluding carboxylic acids is 2. The van der Waals surface area contributed by atoms with Crippen LogP contribution in [0.25, 0.3) is 0 Å². The van der Waals surface area contributed by atoms with Crippen LogP contribution in [-0.4, -0.2) is 47.9 Å². The molecule has 1 heterocycles. The number of benzene rings is 1. The maximum absolute atomic E-state index is 13.1. The van der Waals surface area contributed by atoms with Crippen molar-refractivity contribution in [3.63, 3.8) is 0 Å². The van der Waals surface area contributed by atoms with Gasteiger partial charge in [-0.05, 0) is 51.0 Å². The Kier molecular flexibility index (Phi) is 7.96. The molecule has 0 bridgehead atoms. The van der Waals surface area contributed by atoms with Crippen molar-refractivity contribution in [2.75, 3.05) is 26.2 Å². The third-order valence-corrected chi connectivity index (χ3v) is 6.75. The van der Waals surface area contributed by atoms with Crippen LogP contribution in [0, 0.1) is 11.8 Å². The SMILES string of the molecule is CCN(CC)C(=O)N1CCC(C(=O)NC(c2ccccc2)C2CCCCC2)CC1. The van der Waals surface area contributed by atoms with Gasteiger partial charge in [-0.2, -0.15) is 0 Å². The second-order valence-corrected chi connectivity index (χ2v) is 8.51. The van der Waals surface area contributed by atoms with Crippen LogP contribution in [0.1, 0.15) is 70.4 Å². The van der Waals surface area contributed by atoms with Crippen LogP contribution < -0.4 is 5.32 Å². The van der Waals surface area contributed by atoms with E-state index < -0.39 is 0 Å². The maximum atomic E-state index is 13.1. The Balaban J connectivity index is 1.60. The van der Waals surface area contributed by atoms with Crippen molar-refractivity contribution in [2.45, 2.75) is 64.8 Å². The molecule has 0 radical (unpaired) electrons. The zero-order valence-corrected chi connectivity index (χ0v) is 18.1. The van der Waals surface area contributed by atoms with Crippen LogP contribution in [-0.2, 0) is 4.79 Å². The van der Waals surface area contributed by atoms with Crippen LogP contribution in [0.3, 0.4) is 0 Å². The molecule has 2 fully saturated rings. The number of likely N-dealkylation sites (tertiary alicyclic amines) is 1. The van der Waals surface area contributed by atoms with Crippen molar-refractivity contribution in [1.29, 1.82) is 0 Å². The number of nitrogens with zero attached hydrogens (tertiary/aromatic N) is 2. The van der Waals surface area contributed by atoms with E-state index in [4.69, 9.17) is 0 Å². The summed E-state index contributed by atoms with van der Waals surface area (Å²) < 4.78 is 0. The Bertz CT molecular complexity index is 645. The van der Waals surface area contributed by atoms with Crippen LogP contribution in [0.15, 0.2) is 30.3 Å². The summed E-state index contributed by atoms with van der Waals surface area (Å²) in [7, 11) is 0. The summed E-state index contributed by atoms with van der Waals surface area (Å²) in [5.41, 5.74) is 1.22. The number of hydrogen-bond donors (Lipinski definition) is 1. The Hall–Kier alpha value is -2.04. The number of nitrogens with one attached hydrogen (secondary N) is 1. The lowest BCUT2D eigenvalue weighted by atomic mass is 9.80. The molecule has 1 saturated heterocycles. The van der Waals surface area contributed by atoms with Gasteiger partial charge in [-0.15, -0.1) is 0 Å². The minimum atomic E-state index is 0.00514. The molecule has 1 aromatic rings. The van der Waals surface area contributed by atoms with E-state index in [1.165, 1.54) is 37.7 Å². The minimum absolute atomic E-state index is 0.00514. The fourth-order valence-corrected chi connectivity index (χ4v) is 4.90. The zero-order valence-electron chi connectivity index (χ0n) is 18.1. The molecule has 1 aliphatic carbocycles. The first-order valence-corrected chi connectivity index (χ1v) is 11.5. The molecule has 2 aliphatic rings. The standard InChI is InChI=1S/C24H37N3O2/c1-3-26(4-2)24(29)27-17-15-21(16-18-27)23(28)25-22(19-11-7-5-8-12-19)20-13-9-6-10-14-20/h5,7-8,11-12,20-22H,3-4,6,9-10,13-18H2,1-2H3,(H,25,28). The molecular weight excluding hydrogens is 362 g/mol. The third kappa shape index (κ3) is 5.52. The van der Waals surface area contributed by atoms with Crippen molar-refractivity contribution in [2.24, 2.45) is 11.8 Å². The molecule has 1 unspecified atom stereocenters. The lowest BCUT2D eigenvalue weighted by Crippen LogP contribution is -2.49. The summed E-state index contributed by atoms with van der Waals surface area (Å²) in [4.78, 5) is 29.4. The summed E-state index contributed by atoms with van der Waals surface area (Å²) in [6, 6.07) is 10.7. The highest BCUT2D eigenvalue weighted by atomic mass is 16.2. The second kappa shape index (κ2) is 10.7. The lowest BCUT2D eigenvalue weighted by molar-refractivity contribution is -0.127. The van der Waals surface area contributed by atoms with Gasteiger partial charge in [0.15, 0.2) is 0 Å². The molecule has 0 aromatic heterocycles. The van der Waals surface area contributed by atoms with E-state index in [0.717, 1.165) is 25.9 Å². The highest BCUT2D eigenvalue weighted by Gasteiger charge is 2.32. The van der Waals surface area contributed by atoms with Gasteiger partial charge in [-0.3, -0.25) is 4.79 Å². The minimum Gasteiger partial charge on any atom is -0.349 e. The summed E-state index contributed by atoms with van der Waals surface area (Å²) >= 11 is 0. The molecule has 3 amide bonds. The van der Waals surface area contributed by atoms with E-state index in [1.807, 2.05) is 29.7 Å². The average Bonchev–Trinajstić information content (AvgIpc) is 2.79. The molecule has 1 atom stereocenters. The summed E-state index contributed by atoms with van der Waals surface area (Å²) in [5, 5.41) is 3.41. The fourth-order valence-electron chi connectivity index (χ4n) is 4.90. The Morgan fingerprint density at radius 1 is 1.00 bits per heavy atom. The molecule has 1 saturated carbocycles. The maximum Gasteiger partial charge on any atom is 0.319 e. The quantitative estimate of drug-likeness (QED) is 0.760. The van der Waals surface area contributed by atoms with Crippen molar-refractivity contribution in [3.05, 3.63) is 35.9 Å². The first-order valence-electron chi connectivity index (χ1n) is 11.5. The topological polar surface area (TPSA) is 52.7 Å². The highest BCUT2D eigenvalue weighted by molar-refractivity contribution is 5.80. The predicted octanol–water partition coefficient (Wildman–Crippen LogP) is 4.60. The molecular formula is C24H37N3O2. The van der Waals surface area contributed by atoms with Crippen molar-refractivity contribution in [1.82, 2.24) is 15.1 Å². The van der Waals surface area contributed by atoms with E-state index in [0.29, 0.717) is 19.0 Å². The van der Waals surface area contributed by atoms with Crippen LogP contribution >= 0.6 is 0 Å². The molecule has 0 spiro atoms. The monoisotopic (exact) mass is 399 g/mol. The van der Waals surface area contributed by atoms with Crippen LogP contribution in [0.4, 0.5) is 4.79 Å². The van der Waals surface area contributed by atoms with Gasteiger partial charge in [-0.25, -0.2) is 4.79 Å². The van der Waals surface area contributed by atoms with Gasteiger partial charge >= 0.3 is 6.03 Å². The smallest absolute Gasteiger partial charge is 0.319 e. The van der Waals surface area contributed by atoms with Crippen molar-refractivity contribution in [3.8, 4) is 0 Å². The predicted molar refractivity (Wildman–Crippen MR) is 117 cm³/mol. The molecule has 1 N–H and O–H groups in total. The largest absolute Gasteiger partial charge is 0.349 e. The summed E-state index contributed by atoms with van der Waals surface area (Å²) in [6.07, 6.45) is 7.72. The number of carbonyl (C=O) groups is 2. The van der Waals surface area contributed by atoms with Gasteiger partial charge in [-0.1, -0.05) is 49.6 Å². The number of rotatable bonds is 6. The van der Waals surface area contributed by atoms with Gasteiger partial charge in [0.25, 0.3) is 0 Å². The van der Waals surface area contributed by atoms with E-state index in [1.54, 1.807) is 0 Å². The molecule has 1 aliphatic heterocycles. The van der Waals surface area contributed by atoms with E-state index in [-0.39, 0.29) is 23.9 Å². The number of urea groups is 1.